The van der Waals surface area contributed by atoms with Gasteiger partial charge in [0.05, 0.1) is 0 Å². The number of aliphatic carboxylic acids is 2. The van der Waals surface area contributed by atoms with E-state index in [2.05, 4.69) is 16.0 Å². The van der Waals surface area contributed by atoms with Gasteiger partial charge in [-0.3, -0.25) is 9.59 Å². The Morgan fingerprint density at radius 2 is 1.56 bits per heavy atom. The van der Waals surface area contributed by atoms with E-state index < -0.39 is 48.0 Å². The first-order valence-electron chi connectivity index (χ1n) is 12.5. The minimum absolute atomic E-state index is 0.00372. The van der Waals surface area contributed by atoms with Gasteiger partial charge in [-0.15, -0.1) is 0 Å². The predicted octanol–water partition coefficient (Wildman–Crippen LogP) is 1.37. The number of ether oxygens (including phenoxy) is 1. The molecule has 0 aromatic heterocycles. The van der Waals surface area contributed by atoms with Crippen molar-refractivity contribution in [3.05, 3.63) is 0 Å². The van der Waals surface area contributed by atoms with E-state index in [1.807, 2.05) is 0 Å². The molecule has 2 atom stereocenters. The first-order chi connectivity index (χ1) is 16.8. The lowest BCUT2D eigenvalue weighted by molar-refractivity contribution is -0.157. The van der Waals surface area contributed by atoms with Crippen LogP contribution in [0.2, 0.25) is 0 Å². The number of nitrogens with one attached hydrogen (secondary N) is 3. The van der Waals surface area contributed by atoms with Crippen molar-refractivity contribution >= 4 is 29.8 Å². The molecule has 36 heavy (non-hydrogen) atoms. The lowest BCUT2D eigenvalue weighted by Gasteiger charge is -2.27. The maximum absolute atomic E-state index is 12.6. The van der Waals surface area contributed by atoms with Gasteiger partial charge in [-0.25, -0.2) is 14.4 Å². The highest BCUT2D eigenvalue weighted by Gasteiger charge is 2.29. The van der Waals surface area contributed by atoms with Crippen molar-refractivity contribution in [1.82, 2.24) is 16.0 Å². The van der Waals surface area contributed by atoms with Gasteiger partial charge in [0.15, 0.2) is 0 Å². The third-order valence-corrected chi connectivity index (χ3v) is 6.02. The van der Waals surface area contributed by atoms with E-state index in [-0.39, 0.29) is 24.7 Å². The fraction of sp³-hybridized carbons (Fsp3) is 0.792. The van der Waals surface area contributed by atoms with Crippen LogP contribution >= 0.6 is 0 Å². The summed E-state index contributed by atoms with van der Waals surface area (Å²) >= 11 is 0. The van der Waals surface area contributed by atoms with Crippen molar-refractivity contribution in [2.45, 2.75) is 96.2 Å². The van der Waals surface area contributed by atoms with Crippen LogP contribution in [0.4, 0.5) is 4.79 Å². The van der Waals surface area contributed by atoms with Crippen molar-refractivity contribution < 1.29 is 38.9 Å². The van der Waals surface area contributed by atoms with Crippen LogP contribution in [0.25, 0.3) is 0 Å². The van der Waals surface area contributed by atoms with E-state index in [0.29, 0.717) is 31.8 Å². The number of unbranched alkanes of at least 4 members (excludes halogenated alkanes) is 1. The molecule has 0 unspecified atom stereocenters. The standard InChI is InChI=1S/C24H42N4O8/c1-24(2,3)36-22(34)18(28-23(35)27-17(21(32)33)11-12-19(29)30)6-4-5-13-26-20(31)16-9-7-15(14-25)8-10-16/h15-18H,4-14,25H2,1-3H3,(H,26,31)(H,29,30)(H,32,33)(H2,27,28,35)/t15-,16-,17-,18-/m0/s1. The van der Waals surface area contributed by atoms with Crippen molar-refractivity contribution in [3.63, 3.8) is 0 Å². The van der Waals surface area contributed by atoms with Gasteiger partial charge in [0.1, 0.15) is 17.7 Å². The van der Waals surface area contributed by atoms with Gasteiger partial charge >= 0.3 is 23.9 Å². The van der Waals surface area contributed by atoms with Gasteiger partial charge in [-0.05, 0) is 84.6 Å². The van der Waals surface area contributed by atoms with E-state index in [1.54, 1.807) is 20.8 Å². The van der Waals surface area contributed by atoms with Crippen molar-refractivity contribution in [1.29, 1.82) is 0 Å². The molecular formula is C24H42N4O8. The van der Waals surface area contributed by atoms with Crippen molar-refractivity contribution in [3.8, 4) is 0 Å². The Labute approximate surface area is 212 Å². The second-order valence-corrected chi connectivity index (χ2v) is 10.3. The molecule has 1 rings (SSSR count). The smallest absolute Gasteiger partial charge is 0.329 e. The SMILES string of the molecule is CC(C)(C)OC(=O)[C@H](CCCCNC(=O)[C@H]1CC[C@H](CN)CC1)NC(=O)N[C@@H](CCC(=O)O)C(=O)O. The van der Waals surface area contributed by atoms with E-state index in [0.717, 1.165) is 25.7 Å². The molecule has 0 saturated heterocycles. The average molecular weight is 515 g/mol. The second kappa shape index (κ2) is 15.3. The highest BCUT2D eigenvalue weighted by molar-refractivity contribution is 5.87. The van der Waals surface area contributed by atoms with Crippen LogP contribution in [0.1, 0.15) is 78.6 Å². The molecule has 3 amide bonds. The number of nitrogens with two attached hydrogens (primary N) is 1. The molecule has 206 valence electrons. The molecule has 1 aliphatic rings. The summed E-state index contributed by atoms with van der Waals surface area (Å²) in [6.07, 6.45) is 4.11. The Morgan fingerprint density at radius 1 is 0.944 bits per heavy atom. The quantitative estimate of drug-likeness (QED) is 0.146. The molecule has 7 N–H and O–H groups in total. The van der Waals surface area contributed by atoms with Gasteiger partial charge in [0.25, 0.3) is 0 Å². The van der Waals surface area contributed by atoms with Crippen molar-refractivity contribution in [2.24, 2.45) is 17.6 Å². The number of carbonyl (C=O) groups is 5. The number of hydrogen-bond donors (Lipinski definition) is 6. The molecule has 0 heterocycles. The van der Waals surface area contributed by atoms with Crippen LogP contribution < -0.4 is 21.7 Å². The molecule has 0 aromatic carbocycles. The maximum Gasteiger partial charge on any atom is 0.329 e. The largest absolute Gasteiger partial charge is 0.481 e. The van der Waals surface area contributed by atoms with Crippen molar-refractivity contribution in [2.75, 3.05) is 13.1 Å². The second-order valence-electron chi connectivity index (χ2n) is 10.3. The minimum Gasteiger partial charge on any atom is -0.481 e. The van der Waals surface area contributed by atoms with Gasteiger partial charge < -0.3 is 36.6 Å². The highest BCUT2D eigenvalue weighted by Crippen LogP contribution is 2.28. The monoisotopic (exact) mass is 514 g/mol. The Morgan fingerprint density at radius 3 is 2.08 bits per heavy atom. The molecule has 0 spiro atoms. The summed E-state index contributed by atoms with van der Waals surface area (Å²) in [4.78, 5) is 59.4. The summed E-state index contributed by atoms with van der Waals surface area (Å²) in [5.41, 5.74) is 4.90. The normalized spacial score (nSPS) is 19.4. The summed E-state index contributed by atoms with van der Waals surface area (Å²) in [5, 5.41) is 25.6. The van der Waals surface area contributed by atoms with E-state index in [4.69, 9.17) is 15.6 Å². The summed E-state index contributed by atoms with van der Waals surface area (Å²) in [7, 11) is 0. The topological polar surface area (TPSA) is 197 Å². The Balaban J connectivity index is 2.56. The molecule has 1 saturated carbocycles. The number of carbonyl (C=O) groups excluding carboxylic acids is 3. The molecule has 12 heteroatoms. The van der Waals surface area contributed by atoms with E-state index >= 15 is 0 Å². The fourth-order valence-corrected chi connectivity index (χ4v) is 3.99. The van der Waals surface area contributed by atoms with Gasteiger partial charge in [0, 0.05) is 18.9 Å². The maximum atomic E-state index is 12.6. The lowest BCUT2D eigenvalue weighted by Crippen LogP contribution is -2.52. The van der Waals surface area contributed by atoms with Crippen LogP contribution in [-0.2, 0) is 23.9 Å². The molecule has 0 aromatic rings. The number of carboxylic acids is 2. The lowest BCUT2D eigenvalue weighted by atomic mass is 9.81. The number of hydrogen-bond acceptors (Lipinski definition) is 7. The third kappa shape index (κ3) is 12.7. The molecule has 1 fully saturated rings. The zero-order valence-electron chi connectivity index (χ0n) is 21.5. The van der Waals surface area contributed by atoms with Gasteiger partial charge in [-0.1, -0.05) is 0 Å². The predicted molar refractivity (Wildman–Crippen MR) is 131 cm³/mol. The molecular weight excluding hydrogens is 472 g/mol. The number of amides is 3. The van der Waals surface area contributed by atoms with Gasteiger partial charge in [-0.2, -0.15) is 0 Å². The summed E-state index contributed by atoms with van der Waals surface area (Å²) in [6, 6.07) is -3.37. The highest BCUT2D eigenvalue weighted by atomic mass is 16.6. The van der Waals surface area contributed by atoms with Crippen LogP contribution in [0.15, 0.2) is 0 Å². The number of urea groups is 1. The van der Waals surface area contributed by atoms with E-state index in [9.17, 15) is 29.1 Å². The fourth-order valence-electron chi connectivity index (χ4n) is 3.99. The van der Waals surface area contributed by atoms with Gasteiger partial charge in [0.2, 0.25) is 5.91 Å². The molecule has 1 aliphatic carbocycles. The van der Waals surface area contributed by atoms with Crippen LogP contribution in [0.5, 0.6) is 0 Å². The Bertz CT molecular complexity index is 760. The summed E-state index contributed by atoms with van der Waals surface area (Å²) in [5.74, 6) is -2.73. The van der Waals surface area contributed by atoms with E-state index in [1.165, 1.54) is 0 Å². The number of carboxylic acid groups (broad SMARTS) is 2. The Kier molecular flexibility index (Phi) is 13.2. The van der Waals surface area contributed by atoms with Crippen LogP contribution in [-0.4, -0.2) is 70.8 Å². The molecule has 0 bridgehead atoms. The zero-order valence-corrected chi connectivity index (χ0v) is 21.5. The first kappa shape index (κ1) is 31.1. The number of rotatable bonds is 14. The minimum atomic E-state index is -1.42. The summed E-state index contributed by atoms with van der Waals surface area (Å²) in [6.45, 7) is 6.14. The zero-order chi connectivity index (χ0) is 27.3. The summed E-state index contributed by atoms with van der Waals surface area (Å²) < 4.78 is 5.37. The average Bonchev–Trinajstić information content (AvgIpc) is 2.79. The first-order valence-corrected chi connectivity index (χ1v) is 12.5. The molecule has 0 radical (unpaired) electrons. The Hall–Kier alpha value is -2.89. The molecule has 12 nitrogen and oxygen atoms in total. The van der Waals surface area contributed by atoms with Crippen LogP contribution in [0.3, 0.4) is 0 Å². The third-order valence-electron chi connectivity index (χ3n) is 6.02. The molecule has 0 aliphatic heterocycles. The van der Waals surface area contributed by atoms with Crippen LogP contribution in [0, 0.1) is 11.8 Å². The number of esters is 1.